The van der Waals surface area contributed by atoms with Gasteiger partial charge in [0.25, 0.3) is 5.91 Å². The largest absolute Gasteiger partial charge is 0.451 e. The number of carbonyl (C=O) groups excluding carboxylic acids is 3. The molecule has 0 radical (unpaired) electrons. The molecule has 2 fully saturated rings. The normalized spacial score (nSPS) is 20.0. The van der Waals surface area contributed by atoms with Crippen LogP contribution in [0, 0.1) is 5.82 Å². The number of amides is 2. The molecule has 3 rings (SSSR count). The van der Waals surface area contributed by atoms with Crippen LogP contribution < -0.4 is 5.32 Å². The summed E-state index contributed by atoms with van der Waals surface area (Å²) in [5.74, 6) is -2.17. The summed E-state index contributed by atoms with van der Waals surface area (Å²) in [5, 5.41) is 7.95. The maximum atomic E-state index is 14.5. The Morgan fingerprint density at radius 3 is 2.68 bits per heavy atom. The predicted octanol–water partition coefficient (Wildman–Crippen LogP) is 3.36. The third-order valence-corrected chi connectivity index (χ3v) is 7.33. The Bertz CT molecular complexity index is 1230. The van der Waals surface area contributed by atoms with Crippen LogP contribution in [0.2, 0.25) is 0 Å². The average molecular weight is 618 g/mol. The molecular formula is C31H41F2N5O6. The number of alkyl halides is 1. The number of alkyl carbamates (subject to hydrolysis) is 1. The predicted molar refractivity (Wildman–Crippen MR) is 161 cm³/mol. The highest BCUT2D eigenvalue weighted by Gasteiger charge is 2.43. The van der Waals surface area contributed by atoms with Crippen molar-refractivity contribution in [3.63, 3.8) is 0 Å². The molecule has 2 amide bonds. The van der Waals surface area contributed by atoms with Gasteiger partial charge in [-0.2, -0.15) is 5.10 Å². The molecule has 1 aromatic carbocycles. The molecule has 1 N–H and O–H groups in total. The number of nitrogens with zero attached hydrogens (tertiary/aromatic N) is 4. The number of hydrogen-bond donors (Lipinski definition) is 1. The van der Waals surface area contributed by atoms with Crippen LogP contribution >= 0.6 is 0 Å². The molecule has 11 nitrogen and oxygen atoms in total. The Labute approximate surface area is 256 Å². The van der Waals surface area contributed by atoms with Gasteiger partial charge in [-0.15, -0.1) is 0 Å². The van der Waals surface area contributed by atoms with Crippen LogP contribution in [-0.4, -0.2) is 112 Å². The fraction of sp³-hybridized carbons (Fsp3) is 0.484. The zero-order chi connectivity index (χ0) is 31.9. The van der Waals surface area contributed by atoms with Crippen molar-refractivity contribution in [2.24, 2.45) is 5.10 Å². The van der Waals surface area contributed by atoms with E-state index in [2.05, 4.69) is 22.0 Å². The van der Waals surface area contributed by atoms with Crippen molar-refractivity contribution >= 4 is 25.0 Å². The van der Waals surface area contributed by atoms with Gasteiger partial charge in [0.15, 0.2) is 17.7 Å². The van der Waals surface area contributed by atoms with Gasteiger partial charge in [0, 0.05) is 51.9 Å². The molecule has 0 bridgehead atoms. The minimum absolute atomic E-state index is 0.108. The third kappa shape index (κ3) is 9.20. The number of ether oxygens (including phenoxy) is 3. The van der Waals surface area contributed by atoms with E-state index in [0.29, 0.717) is 50.1 Å². The van der Waals surface area contributed by atoms with Crippen LogP contribution in [0.25, 0.3) is 0 Å². The minimum atomic E-state index is -0.781. The van der Waals surface area contributed by atoms with E-state index < -0.39 is 49.0 Å². The van der Waals surface area contributed by atoms with Crippen molar-refractivity contribution in [1.29, 1.82) is 0 Å². The van der Waals surface area contributed by atoms with Gasteiger partial charge >= 0.3 is 6.09 Å². The number of halogens is 2. The number of rotatable bonds is 15. The van der Waals surface area contributed by atoms with E-state index in [0.717, 1.165) is 13.1 Å². The highest BCUT2D eigenvalue weighted by Crippen LogP contribution is 2.38. The summed E-state index contributed by atoms with van der Waals surface area (Å²) in [5.41, 5.74) is 0.818. The number of likely N-dealkylation sites (N-methyl/N-ethyl adjacent to an activating group) is 1. The number of carbonyl (C=O) groups is 3. The van der Waals surface area contributed by atoms with E-state index in [-0.39, 0.29) is 18.8 Å². The van der Waals surface area contributed by atoms with Crippen molar-refractivity contribution < 1.29 is 37.4 Å². The molecule has 2 atom stereocenters. The zero-order valence-corrected chi connectivity index (χ0v) is 25.3. The number of hydrazone groups is 1. The summed E-state index contributed by atoms with van der Waals surface area (Å²) in [6.07, 6.45) is 5.24. The first kappa shape index (κ1) is 34.4. The fourth-order valence-corrected chi connectivity index (χ4v) is 5.19. The number of nitrogens with one attached hydrogen (secondary N) is 1. The lowest BCUT2D eigenvalue weighted by Gasteiger charge is -2.44. The Morgan fingerprint density at radius 1 is 1.27 bits per heavy atom. The van der Waals surface area contributed by atoms with Crippen LogP contribution in [-0.2, 0) is 23.8 Å². The second-order valence-corrected chi connectivity index (χ2v) is 10.0. The quantitative estimate of drug-likeness (QED) is 0.0797. The minimum Gasteiger partial charge on any atom is -0.451 e. The van der Waals surface area contributed by atoms with Gasteiger partial charge in [0.05, 0.1) is 19.3 Å². The lowest BCUT2D eigenvalue weighted by Crippen LogP contribution is -2.55. The summed E-state index contributed by atoms with van der Waals surface area (Å²) >= 11 is 0. The maximum absolute atomic E-state index is 14.5. The first-order valence-corrected chi connectivity index (χ1v) is 14.6. The second-order valence-electron chi connectivity index (χ2n) is 10.0. The summed E-state index contributed by atoms with van der Waals surface area (Å²) in [4.78, 5) is 41.7. The smallest absolute Gasteiger partial charge is 0.410 e. The summed E-state index contributed by atoms with van der Waals surface area (Å²) in [6, 6.07) is 5.17. The number of allylic oxidation sites excluding steroid dienone is 4. The van der Waals surface area contributed by atoms with Crippen LogP contribution in [0.15, 0.2) is 64.6 Å². The van der Waals surface area contributed by atoms with Crippen LogP contribution in [0.5, 0.6) is 0 Å². The second kappa shape index (κ2) is 17.9. The van der Waals surface area contributed by atoms with Gasteiger partial charge in [0.2, 0.25) is 6.79 Å². The molecule has 0 aliphatic carbocycles. The number of morpholine rings is 1. The van der Waals surface area contributed by atoms with Gasteiger partial charge in [-0.1, -0.05) is 31.2 Å². The first-order valence-electron chi connectivity index (χ1n) is 14.6. The number of piperazine rings is 1. The Balaban J connectivity index is 1.89. The van der Waals surface area contributed by atoms with E-state index in [1.807, 2.05) is 13.0 Å². The van der Waals surface area contributed by atoms with Crippen molar-refractivity contribution in [2.75, 3.05) is 65.9 Å². The molecular weight excluding hydrogens is 576 g/mol. The van der Waals surface area contributed by atoms with Gasteiger partial charge in [-0.3, -0.25) is 19.5 Å². The van der Waals surface area contributed by atoms with Crippen molar-refractivity contribution in [1.82, 2.24) is 20.1 Å². The SMILES string of the molecule is C=NN1/C(=C(\C=O)OCOC(=O)NCCN2CCOCC2)C(=O)N(CC)C[C@@H]1C(C(/C=C\CC)=C/CF)c1cccc(F)c1. The first-order chi connectivity index (χ1) is 21.4. The topological polar surface area (TPSA) is 113 Å². The average Bonchev–Trinajstić information content (AvgIpc) is 3.03. The highest BCUT2D eigenvalue weighted by molar-refractivity contribution is 5.98. The molecule has 0 spiro atoms. The zero-order valence-electron chi connectivity index (χ0n) is 25.3. The lowest BCUT2D eigenvalue weighted by molar-refractivity contribution is -0.134. The third-order valence-electron chi connectivity index (χ3n) is 7.33. The summed E-state index contributed by atoms with van der Waals surface area (Å²) in [7, 11) is 0. The van der Waals surface area contributed by atoms with Crippen molar-refractivity contribution in [2.45, 2.75) is 32.2 Å². The molecule has 240 valence electrons. The van der Waals surface area contributed by atoms with Crippen LogP contribution in [0.4, 0.5) is 13.6 Å². The highest BCUT2D eigenvalue weighted by atomic mass is 19.1. The van der Waals surface area contributed by atoms with E-state index in [4.69, 9.17) is 14.2 Å². The fourth-order valence-electron chi connectivity index (χ4n) is 5.19. The molecule has 2 heterocycles. The Morgan fingerprint density at radius 2 is 2.05 bits per heavy atom. The van der Waals surface area contributed by atoms with E-state index in [1.165, 1.54) is 28.1 Å². The molecule has 13 heteroatoms. The molecule has 0 aromatic heterocycles. The van der Waals surface area contributed by atoms with Gasteiger partial charge in [-0.05, 0) is 42.7 Å². The molecule has 1 aromatic rings. The Kier molecular flexibility index (Phi) is 14.0. The van der Waals surface area contributed by atoms with E-state index >= 15 is 0 Å². The molecule has 1 unspecified atom stereocenters. The van der Waals surface area contributed by atoms with E-state index in [1.54, 1.807) is 25.1 Å². The van der Waals surface area contributed by atoms with Crippen LogP contribution in [0.3, 0.4) is 0 Å². The molecule has 2 saturated heterocycles. The maximum Gasteiger partial charge on any atom is 0.410 e. The summed E-state index contributed by atoms with van der Waals surface area (Å²) < 4.78 is 44.1. The van der Waals surface area contributed by atoms with Gasteiger partial charge < -0.3 is 24.4 Å². The number of aldehydes is 1. The van der Waals surface area contributed by atoms with Gasteiger partial charge in [0.1, 0.15) is 12.5 Å². The monoisotopic (exact) mass is 617 g/mol. The van der Waals surface area contributed by atoms with Crippen molar-refractivity contribution in [3.05, 3.63) is 70.9 Å². The van der Waals surface area contributed by atoms with Crippen LogP contribution in [0.1, 0.15) is 31.7 Å². The van der Waals surface area contributed by atoms with Crippen molar-refractivity contribution in [3.8, 4) is 0 Å². The molecule has 44 heavy (non-hydrogen) atoms. The lowest BCUT2D eigenvalue weighted by atomic mass is 9.82. The Hall–Kier alpha value is -4.10. The van der Waals surface area contributed by atoms with E-state index in [9.17, 15) is 23.2 Å². The number of benzene rings is 1. The standard InChI is InChI=1S/C31H41F2N5O6/c1-4-6-8-23(11-12-32)28(24-9-7-10-25(33)19-24)26-20-37(5-2)30(40)29(38(26)34-3)27(21-39)43-22-44-31(41)35-13-14-36-15-17-42-18-16-36/h6-11,19,21,26,28H,3-5,12-18,20,22H2,1-2H3,(H,35,41)/b8-6-,23-11+,29-27+/t26-,28?/m1/s1. The molecule has 2 aliphatic heterocycles. The number of hydrogen-bond acceptors (Lipinski definition) is 9. The van der Waals surface area contributed by atoms with Gasteiger partial charge in [-0.25, -0.2) is 13.6 Å². The molecule has 2 aliphatic rings. The molecule has 0 saturated carbocycles. The summed E-state index contributed by atoms with van der Waals surface area (Å²) in [6.45, 7) is 10.0.